The number of rotatable bonds is 6. The van der Waals surface area contributed by atoms with Gasteiger partial charge in [0.25, 0.3) is 5.91 Å². The van der Waals surface area contributed by atoms with Crippen molar-refractivity contribution >= 4 is 17.5 Å². The topological polar surface area (TPSA) is 58.1 Å². The van der Waals surface area contributed by atoms with Gasteiger partial charge in [0, 0.05) is 25.5 Å². The number of nitrogens with one attached hydrogen (secondary N) is 1. The van der Waals surface area contributed by atoms with Gasteiger partial charge in [0.1, 0.15) is 5.69 Å². The standard InChI is InChI=1S/C17H22N4O/c1-4-5-11-21(3)16(22)15-9-10-18-17(20-15)19-14-8-6-7-13(2)12-14/h6-10,12H,4-5,11H2,1-3H3,(H,18,19,20). The van der Waals surface area contributed by atoms with E-state index in [1.807, 2.05) is 31.2 Å². The third-order valence-corrected chi connectivity index (χ3v) is 3.34. The van der Waals surface area contributed by atoms with E-state index < -0.39 is 0 Å². The van der Waals surface area contributed by atoms with Crippen molar-refractivity contribution in [2.75, 3.05) is 18.9 Å². The van der Waals surface area contributed by atoms with Gasteiger partial charge in [-0.1, -0.05) is 25.5 Å². The molecule has 0 aliphatic heterocycles. The van der Waals surface area contributed by atoms with Crippen molar-refractivity contribution in [2.45, 2.75) is 26.7 Å². The summed E-state index contributed by atoms with van der Waals surface area (Å²) in [6.07, 6.45) is 3.65. The van der Waals surface area contributed by atoms with Gasteiger partial charge in [-0.05, 0) is 37.1 Å². The molecule has 1 heterocycles. The second-order valence-corrected chi connectivity index (χ2v) is 5.34. The summed E-state index contributed by atoms with van der Waals surface area (Å²) in [6, 6.07) is 9.58. The third-order valence-electron chi connectivity index (χ3n) is 3.34. The molecule has 116 valence electrons. The van der Waals surface area contributed by atoms with Crippen molar-refractivity contribution in [3.05, 3.63) is 47.8 Å². The highest BCUT2D eigenvalue weighted by molar-refractivity contribution is 5.92. The molecule has 0 unspecified atom stereocenters. The van der Waals surface area contributed by atoms with E-state index in [4.69, 9.17) is 0 Å². The second-order valence-electron chi connectivity index (χ2n) is 5.34. The van der Waals surface area contributed by atoms with Crippen molar-refractivity contribution < 1.29 is 4.79 Å². The number of anilines is 2. The zero-order valence-electron chi connectivity index (χ0n) is 13.3. The number of benzene rings is 1. The molecule has 2 rings (SSSR count). The first-order chi connectivity index (χ1) is 10.6. The van der Waals surface area contributed by atoms with Crippen LogP contribution in [0.25, 0.3) is 0 Å². The Bertz CT molecular complexity index is 642. The van der Waals surface area contributed by atoms with E-state index in [2.05, 4.69) is 22.2 Å². The van der Waals surface area contributed by atoms with Gasteiger partial charge in [-0.2, -0.15) is 0 Å². The number of hydrogen-bond acceptors (Lipinski definition) is 4. The predicted molar refractivity (Wildman–Crippen MR) is 88.4 cm³/mol. The third kappa shape index (κ3) is 4.28. The summed E-state index contributed by atoms with van der Waals surface area (Å²) in [4.78, 5) is 22.5. The van der Waals surface area contributed by atoms with E-state index in [1.54, 1.807) is 24.2 Å². The maximum atomic E-state index is 12.3. The minimum Gasteiger partial charge on any atom is -0.340 e. The Morgan fingerprint density at radius 3 is 2.86 bits per heavy atom. The highest BCUT2D eigenvalue weighted by Crippen LogP contribution is 2.14. The van der Waals surface area contributed by atoms with E-state index in [-0.39, 0.29) is 5.91 Å². The summed E-state index contributed by atoms with van der Waals surface area (Å²) >= 11 is 0. The van der Waals surface area contributed by atoms with Gasteiger partial charge in [0.15, 0.2) is 0 Å². The monoisotopic (exact) mass is 298 g/mol. The highest BCUT2D eigenvalue weighted by atomic mass is 16.2. The highest BCUT2D eigenvalue weighted by Gasteiger charge is 2.13. The normalized spacial score (nSPS) is 10.3. The lowest BCUT2D eigenvalue weighted by molar-refractivity contribution is 0.0787. The van der Waals surface area contributed by atoms with Crippen LogP contribution in [0.1, 0.15) is 35.8 Å². The lowest BCUT2D eigenvalue weighted by Crippen LogP contribution is -2.28. The van der Waals surface area contributed by atoms with Crippen molar-refractivity contribution in [1.82, 2.24) is 14.9 Å². The van der Waals surface area contributed by atoms with Crippen molar-refractivity contribution in [3.8, 4) is 0 Å². The maximum Gasteiger partial charge on any atom is 0.272 e. The average Bonchev–Trinajstić information content (AvgIpc) is 2.52. The molecule has 0 spiro atoms. The first kappa shape index (κ1) is 15.9. The molecule has 1 amide bonds. The second kappa shape index (κ2) is 7.54. The number of amides is 1. The molecule has 22 heavy (non-hydrogen) atoms. The Kier molecular flexibility index (Phi) is 5.47. The Morgan fingerprint density at radius 2 is 2.14 bits per heavy atom. The minimum absolute atomic E-state index is 0.0804. The first-order valence-corrected chi connectivity index (χ1v) is 7.52. The minimum atomic E-state index is -0.0804. The van der Waals surface area contributed by atoms with Crippen LogP contribution >= 0.6 is 0 Å². The maximum absolute atomic E-state index is 12.3. The number of aryl methyl sites for hydroxylation is 1. The zero-order chi connectivity index (χ0) is 15.9. The van der Waals surface area contributed by atoms with E-state index >= 15 is 0 Å². The van der Waals surface area contributed by atoms with Crippen molar-refractivity contribution in [2.24, 2.45) is 0 Å². The lowest BCUT2D eigenvalue weighted by Gasteiger charge is -2.16. The molecule has 0 bridgehead atoms. The van der Waals surface area contributed by atoms with Crippen molar-refractivity contribution in [1.29, 1.82) is 0 Å². The van der Waals surface area contributed by atoms with Crippen LogP contribution in [-0.2, 0) is 0 Å². The van der Waals surface area contributed by atoms with Gasteiger partial charge >= 0.3 is 0 Å². The van der Waals surface area contributed by atoms with Crippen LogP contribution in [0.5, 0.6) is 0 Å². The fourth-order valence-corrected chi connectivity index (χ4v) is 2.08. The summed E-state index contributed by atoms with van der Waals surface area (Å²) < 4.78 is 0. The molecule has 5 heteroatoms. The average molecular weight is 298 g/mol. The number of carbonyl (C=O) groups is 1. The van der Waals surface area contributed by atoms with E-state index in [0.29, 0.717) is 11.6 Å². The molecule has 0 aliphatic rings. The van der Waals surface area contributed by atoms with E-state index in [9.17, 15) is 4.79 Å². The van der Waals surface area contributed by atoms with Crippen LogP contribution in [0.15, 0.2) is 36.5 Å². The molecule has 5 nitrogen and oxygen atoms in total. The summed E-state index contributed by atoms with van der Waals surface area (Å²) in [5.41, 5.74) is 2.46. The molecule has 0 aliphatic carbocycles. The molecule has 2 aromatic rings. The fourth-order valence-electron chi connectivity index (χ4n) is 2.08. The van der Waals surface area contributed by atoms with Gasteiger partial charge in [-0.25, -0.2) is 9.97 Å². The van der Waals surface area contributed by atoms with Gasteiger partial charge in [0.2, 0.25) is 5.95 Å². The first-order valence-electron chi connectivity index (χ1n) is 7.52. The number of unbranched alkanes of at least 4 members (excludes halogenated alkanes) is 1. The Balaban J connectivity index is 2.11. The molecule has 0 atom stereocenters. The Labute approximate surface area is 131 Å². The molecular weight excluding hydrogens is 276 g/mol. The Morgan fingerprint density at radius 1 is 1.32 bits per heavy atom. The molecule has 0 radical (unpaired) electrons. The van der Waals surface area contributed by atoms with Crippen LogP contribution in [-0.4, -0.2) is 34.4 Å². The Hall–Kier alpha value is -2.43. The molecule has 1 aromatic carbocycles. The van der Waals surface area contributed by atoms with Gasteiger partial charge in [-0.15, -0.1) is 0 Å². The SMILES string of the molecule is CCCCN(C)C(=O)c1ccnc(Nc2cccc(C)c2)n1. The van der Waals surface area contributed by atoms with Crippen molar-refractivity contribution in [3.63, 3.8) is 0 Å². The van der Waals surface area contributed by atoms with Crippen LogP contribution in [0, 0.1) is 6.92 Å². The number of nitrogens with zero attached hydrogens (tertiary/aromatic N) is 3. The van der Waals surface area contributed by atoms with E-state index in [1.165, 1.54) is 0 Å². The molecule has 0 fully saturated rings. The van der Waals surface area contributed by atoms with Gasteiger partial charge in [-0.3, -0.25) is 4.79 Å². The fraction of sp³-hybridized carbons (Fsp3) is 0.353. The quantitative estimate of drug-likeness (QED) is 0.888. The summed E-state index contributed by atoms with van der Waals surface area (Å²) in [5, 5.41) is 3.13. The molecular formula is C17H22N4O. The summed E-state index contributed by atoms with van der Waals surface area (Å²) in [7, 11) is 1.80. The molecule has 0 saturated carbocycles. The summed E-state index contributed by atoms with van der Waals surface area (Å²) in [6.45, 7) is 4.86. The van der Waals surface area contributed by atoms with Gasteiger partial charge in [0.05, 0.1) is 0 Å². The molecule has 0 saturated heterocycles. The van der Waals surface area contributed by atoms with Gasteiger partial charge < -0.3 is 10.2 Å². The molecule has 1 N–H and O–H groups in total. The smallest absolute Gasteiger partial charge is 0.272 e. The molecule has 1 aromatic heterocycles. The lowest BCUT2D eigenvalue weighted by atomic mass is 10.2. The number of aromatic nitrogens is 2. The van der Waals surface area contributed by atoms with Crippen LogP contribution in [0.3, 0.4) is 0 Å². The predicted octanol–water partition coefficient (Wildman–Crippen LogP) is 3.40. The number of hydrogen-bond donors (Lipinski definition) is 1. The largest absolute Gasteiger partial charge is 0.340 e. The van der Waals surface area contributed by atoms with Crippen LogP contribution in [0.2, 0.25) is 0 Å². The number of carbonyl (C=O) groups excluding carboxylic acids is 1. The van der Waals surface area contributed by atoms with Crippen LogP contribution < -0.4 is 5.32 Å². The van der Waals surface area contributed by atoms with E-state index in [0.717, 1.165) is 30.6 Å². The van der Waals surface area contributed by atoms with Crippen LogP contribution in [0.4, 0.5) is 11.6 Å². The zero-order valence-corrected chi connectivity index (χ0v) is 13.3. The summed E-state index contributed by atoms with van der Waals surface area (Å²) in [5.74, 6) is 0.350.